The molecule has 2 unspecified atom stereocenters. The lowest BCUT2D eigenvalue weighted by molar-refractivity contribution is 0.107. The van der Waals surface area contributed by atoms with Crippen LogP contribution in [0.4, 0.5) is 0 Å². The Labute approximate surface area is 106 Å². The summed E-state index contributed by atoms with van der Waals surface area (Å²) in [5.74, 6) is 0.0715. The maximum absolute atomic E-state index is 10.1. The minimum atomic E-state index is -0.570. The molecule has 1 aromatic rings. The molecule has 90 valence electrons. The van der Waals surface area contributed by atoms with Crippen molar-refractivity contribution in [3.05, 3.63) is 33.8 Å². The van der Waals surface area contributed by atoms with E-state index >= 15 is 0 Å². The molecule has 2 atom stereocenters. The van der Waals surface area contributed by atoms with Crippen molar-refractivity contribution in [2.75, 3.05) is 6.54 Å². The van der Waals surface area contributed by atoms with Crippen molar-refractivity contribution < 1.29 is 5.11 Å². The molecule has 0 aromatic heterocycles. The number of aliphatic hydroxyl groups excluding tert-OH is 1. The Morgan fingerprint density at radius 3 is 2.50 bits per heavy atom. The fourth-order valence-corrected chi connectivity index (χ4v) is 2.05. The molecule has 0 saturated carbocycles. The third-order valence-electron chi connectivity index (χ3n) is 2.69. The van der Waals surface area contributed by atoms with E-state index in [1.165, 1.54) is 0 Å². The van der Waals surface area contributed by atoms with Crippen LogP contribution in [0.15, 0.2) is 18.2 Å². The van der Waals surface area contributed by atoms with Crippen molar-refractivity contribution in [1.29, 1.82) is 0 Å². The minimum Gasteiger partial charge on any atom is -0.388 e. The van der Waals surface area contributed by atoms with Gasteiger partial charge in [0.15, 0.2) is 0 Å². The molecule has 0 spiro atoms. The number of hydrogen-bond acceptors (Lipinski definition) is 2. The van der Waals surface area contributed by atoms with Crippen LogP contribution < -0.4 is 5.73 Å². The molecule has 0 aliphatic rings. The normalized spacial score (nSPS) is 14.8. The second-order valence-electron chi connectivity index (χ2n) is 3.90. The smallest absolute Gasteiger partial charge is 0.0830 e. The van der Waals surface area contributed by atoms with Crippen LogP contribution in [0.3, 0.4) is 0 Å². The second kappa shape index (κ2) is 6.45. The Morgan fingerprint density at radius 1 is 1.31 bits per heavy atom. The van der Waals surface area contributed by atoms with Crippen molar-refractivity contribution in [3.63, 3.8) is 0 Å². The Morgan fingerprint density at radius 2 is 2.00 bits per heavy atom. The number of nitrogens with two attached hydrogens (primary N) is 1. The summed E-state index contributed by atoms with van der Waals surface area (Å²) in [6, 6.07) is 5.19. The third-order valence-corrected chi connectivity index (χ3v) is 3.43. The van der Waals surface area contributed by atoms with Gasteiger partial charge < -0.3 is 10.8 Å². The van der Waals surface area contributed by atoms with Crippen molar-refractivity contribution in [2.24, 2.45) is 11.7 Å². The number of halogens is 2. The predicted octanol–water partition coefficient (Wildman–Crippen LogP) is 3.40. The highest BCUT2D eigenvalue weighted by Crippen LogP contribution is 2.30. The van der Waals surface area contributed by atoms with E-state index in [1.807, 2.05) is 0 Å². The van der Waals surface area contributed by atoms with Crippen LogP contribution in [0.2, 0.25) is 10.0 Å². The third kappa shape index (κ3) is 3.36. The van der Waals surface area contributed by atoms with Crippen LogP contribution >= 0.6 is 23.2 Å². The molecule has 1 aromatic carbocycles. The summed E-state index contributed by atoms with van der Waals surface area (Å²) in [5.41, 5.74) is 6.42. The van der Waals surface area contributed by atoms with Crippen LogP contribution in [0, 0.1) is 5.92 Å². The van der Waals surface area contributed by atoms with Gasteiger partial charge in [-0.25, -0.2) is 0 Å². The summed E-state index contributed by atoms with van der Waals surface area (Å²) in [6.45, 7) is 2.54. The summed E-state index contributed by atoms with van der Waals surface area (Å²) in [5, 5.41) is 11.1. The van der Waals surface area contributed by atoms with Gasteiger partial charge in [-0.2, -0.15) is 0 Å². The predicted molar refractivity (Wildman–Crippen MR) is 68.9 cm³/mol. The van der Waals surface area contributed by atoms with Gasteiger partial charge in [0, 0.05) is 5.92 Å². The Balaban J connectivity index is 2.85. The number of aliphatic hydroxyl groups is 1. The van der Waals surface area contributed by atoms with Crippen LogP contribution in [0.1, 0.15) is 31.4 Å². The van der Waals surface area contributed by atoms with E-state index < -0.39 is 6.10 Å². The lowest BCUT2D eigenvalue weighted by Gasteiger charge is -2.21. The first-order valence-electron chi connectivity index (χ1n) is 5.43. The summed E-state index contributed by atoms with van der Waals surface area (Å²) in [4.78, 5) is 0. The van der Waals surface area contributed by atoms with Gasteiger partial charge in [-0.05, 0) is 30.7 Å². The van der Waals surface area contributed by atoms with E-state index in [9.17, 15) is 5.11 Å². The molecule has 0 aliphatic carbocycles. The van der Waals surface area contributed by atoms with Gasteiger partial charge in [-0.1, -0.05) is 42.6 Å². The first kappa shape index (κ1) is 13.8. The van der Waals surface area contributed by atoms with Crippen molar-refractivity contribution in [3.8, 4) is 0 Å². The zero-order valence-electron chi connectivity index (χ0n) is 9.29. The van der Waals surface area contributed by atoms with E-state index in [-0.39, 0.29) is 5.92 Å². The molecular formula is C12H17Cl2NO. The molecule has 0 aliphatic heterocycles. The molecule has 0 radical (unpaired) electrons. The highest BCUT2D eigenvalue weighted by atomic mass is 35.5. The van der Waals surface area contributed by atoms with Crippen LogP contribution in [-0.4, -0.2) is 11.7 Å². The topological polar surface area (TPSA) is 46.2 Å². The minimum absolute atomic E-state index is 0.0715. The number of rotatable bonds is 5. The standard InChI is InChI=1S/C12H17Cl2NO/c1-2-3-9(7-15)12(16)8-4-5-10(13)11(14)6-8/h4-6,9,12,16H,2-3,7,15H2,1H3. The maximum Gasteiger partial charge on any atom is 0.0830 e. The van der Waals surface area contributed by atoms with Gasteiger partial charge in [-0.3, -0.25) is 0 Å². The van der Waals surface area contributed by atoms with E-state index in [0.29, 0.717) is 16.6 Å². The number of hydrogen-bond donors (Lipinski definition) is 2. The first-order chi connectivity index (χ1) is 7.60. The SMILES string of the molecule is CCCC(CN)C(O)c1ccc(Cl)c(Cl)c1. The van der Waals surface area contributed by atoms with Crippen LogP contribution in [0.5, 0.6) is 0 Å². The molecule has 0 saturated heterocycles. The van der Waals surface area contributed by atoms with Crippen LogP contribution in [-0.2, 0) is 0 Å². The van der Waals surface area contributed by atoms with Crippen molar-refractivity contribution in [2.45, 2.75) is 25.9 Å². The second-order valence-corrected chi connectivity index (χ2v) is 4.72. The fourth-order valence-electron chi connectivity index (χ4n) is 1.74. The molecule has 0 amide bonds. The van der Waals surface area contributed by atoms with Crippen molar-refractivity contribution in [1.82, 2.24) is 0 Å². The lowest BCUT2D eigenvalue weighted by Crippen LogP contribution is -2.21. The van der Waals surface area contributed by atoms with Crippen LogP contribution in [0.25, 0.3) is 0 Å². The fraction of sp³-hybridized carbons (Fsp3) is 0.500. The molecule has 0 bridgehead atoms. The van der Waals surface area contributed by atoms with Gasteiger partial charge in [0.05, 0.1) is 16.1 Å². The van der Waals surface area contributed by atoms with E-state index in [0.717, 1.165) is 18.4 Å². The lowest BCUT2D eigenvalue weighted by atomic mass is 9.92. The molecule has 0 fully saturated rings. The van der Waals surface area contributed by atoms with E-state index in [1.54, 1.807) is 18.2 Å². The largest absolute Gasteiger partial charge is 0.388 e. The zero-order valence-corrected chi connectivity index (χ0v) is 10.8. The van der Waals surface area contributed by atoms with E-state index in [2.05, 4.69) is 6.92 Å². The quantitative estimate of drug-likeness (QED) is 0.854. The summed E-state index contributed by atoms with van der Waals surface area (Å²) in [6.07, 6.45) is 1.33. The van der Waals surface area contributed by atoms with Gasteiger partial charge >= 0.3 is 0 Å². The van der Waals surface area contributed by atoms with Crippen molar-refractivity contribution >= 4 is 23.2 Å². The monoisotopic (exact) mass is 261 g/mol. The molecule has 3 N–H and O–H groups in total. The first-order valence-corrected chi connectivity index (χ1v) is 6.18. The molecule has 2 nitrogen and oxygen atoms in total. The summed E-state index contributed by atoms with van der Waals surface area (Å²) < 4.78 is 0. The Hall–Kier alpha value is -0.280. The van der Waals surface area contributed by atoms with Gasteiger partial charge in [0.25, 0.3) is 0 Å². The highest BCUT2D eigenvalue weighted by Gasteiger charge is 2.19. The van der Waals surface area contributed by atoms with E-state index in [4.69, 9.17) is 28.9 Å². The summed E-state index contributed by atoms with van der Waals surface area (Å²) >= 11 is 11.7. The molecule has 1 rings (SSSR count). The van der Waals surface area contributed by atoms with Gasteiger partial charge in [0.1, 0.15) is 0 Å². The molecule has 0 heterocycles. The zero-order chi connectivity index (χ0) is 12.1. The maximum atomic E-state index is 10.1. The Bertz CT molecular complexity index is 344. The molecule has 4 heteroatoms. The number of benzene rings is 1. The van der Waals surface area contributed by atoms with Gasteiger partial charge in [-0.15, -0.1) is 0 Å². The molecule has 16 heavy (non-hydrogen) atoms. The average Bonchev–Trinajstić information content (AvgIpc) is 2.28. The highest BCUT2D eigenvalue weighted by molar-refractivity contribution is 6.42. The Kier molecular flexibility index (Phi) is 5.56. The average molecular weight is 262 g/mol. The van der Waals surface area contributed by atoms with Gasteiger partial charge in [0.2, 0.25) is 0 Å². The molecular weight excluding hydrogens is 245 g/mol. The summed E-state index contributed by atoms with van der Waals surface area (Å²) in [7, 11) is 0.